The third kappa shape index (κ3) is 4.45. The highest BCUT2D eigenvalue weighted by Gasteiger charge is 2.21. The van der Waals surface area contributed by atoms with Gasteiger partial charge in [-0.1, -0.05) is 11.6 Å². The number of hydrogen-bond donors (Lipinski definition) is 5. The standard InChI is InChI=1S/C25H23ClN4O8/c1-27-24(36)12-9-29(2)14-7-16(31)18(6-11(14)21(12)33)38-5-4-28-25(37)13-10-30(3)15-8-17(32)23(35)20(26)19(15)22(13)34/h6-10,31-32,35H,4-5H2,1-3H3,(H,27,36)(H,28,37). The first kappa shape index (κ1) is 26.4. The zero-order valence-electron chi connectivity index (χ0n) is 20.5. The van der Waals surface area contributed by atoms with Crippen LogP contribution >= 0.6 is 11.6 Å². The summed E-state index contributed by atoms with van der Waals surface area (Å²) in [7, 11) is 4.57. The fourth-order valence-electron chi connectivity index (χ4n) is 4.06. The van der Waals surface area contributed by atoms with E-state index in [9.17, 15) is 34.5 Å². The molecule has 12 nitrogen and oxygen atoms in total. The minimum atomic E-state index is -0.744. The Morgan fingerprint density at radius 3 is 2.18 bits per heavy atom. The van der Waals surface area contributed by atoms with Gasteiger partial charge in [0.2, 0.25) is 10.9 Å². The Kier molecular flexibility index (Phi) is 6.92. The normalized spacial score (nSPS) is 11.1. The number of hydrogen-bond acceptors (Lipinski definition) is 8. The van der Waals surface area contributed by atoms with Gasteiger partial charge in [-0.25, -0.2) is 0 Å². The second-order valence-electron chi connectivity index (χ2n) is 8.44. The maximum Gasteiger partial charge on any atom is 0.256 e. The van der Waals surface area contributed by atoms with Gasteiger partial charge < -0.3 is 39.8 Å². The van der Waals surface area contributed by atoms with Gasteiger partial charge in [0.15, 0.2) is 23.0 Å². The first-order valence-electron chi connectivity index (χ1n) is 11.2. The minimum absolute atomic E-state index is 0.0402. The number of aromatic hydroxyl groups is 3. The molecule has 0 bridgehead atoms. The molecule has 4 rings (SSSR count). The molecule has 38 heavy (non-hydrogen) atoms. The zero-order valence-corrected chi connectivity index (χ0v) is 21.2. The predicted octanol–water partition coefficient (Wildman–Crippen LogP) is 1.33. The number of phenolic OH excluding ortho intramolecular Hbond substituents is 3. The monoisotopic (exact) mass is 542 g/mol. The van der Waals surface area contributed by atoms with Crippen LogP contribution in [0.2, 0.25) is 5.02 Å². The van der Waals surface area contributed by atoms with E-state index in [-0.39, 0.29) is 57.1 Å². The van der Waals surface area contributed by atoms with Crippen molar-refractivity contribution in [2.45, 2.75) is 0 Å². The number of carbonyl (C=O) groups is 2. The number of phenols is 3. The summed E-state index contributed by atoms with van der Waals surface area (Å²) in [4.78, 5) is 50.5. The van der Waals surface area contributed by atoms with E-state index in [1.54, 1.807) is 7.05 Å². The van der Waals surface area contributed by atoms with Crippen LogP contribution in [0.4, 0.5) is 0 Å². The molecule has 198 valence electrons. The highest BCUT2D eigenvalue weighted by atomic mass is 35.5. The van der Waals surface area contributed by atoms with E-state index in [1.165, 1.54) is 47.8 Å². The van der Waals surface area contributed by atoms with E-state index >= 15 is 0 Å². The fourth-order valence-corrected chi connectivity index (χ4v) is 4.34. The number of carbonyl (C=O) groups excluding carboxylic acids is 2. The van der Waals surface area contributed by atoms with Gasteiger partial charge in [0.25, 0.3) is 11.8 Å². The first-order valence-corrected chi connectivity index (χ1v) is 11.6. The Hall–Kier alpha value is -4.71. The van der Waals surface area contributed by atoms with Crippen LogP contribution in [0.3, 0.4) is 0 Å². The molecule has 0 aliphatic heterocycles. The zero-order chi connectivity index (χ0) is 27.9. The number of aryl methyl sites for hydroxylation is 2. The molecule has 0 saturated heterocycles. The highest BCUT2D eigenvalue weighted by Crippen LogP contribution is 2.38. The van der Waals surface area contributed by atoms with E-state index in [0.717, 1.165) is 6.07 Å². The summed E-state index contributed by atoms with van der Waals surface area (Å²) in [5.74, 6) is -2.78. The van der Waals surface area contributed by atoms with Gasteiger partial charge in [-0.15, -0.1) is 0 Å². The van der Waals surface area contributed by atoms with E-state index < -0.39 is 34.2 Å². The maximum absolute atomic E-state index is 12.9. The van der Waals surface area contributed by atoms with Crippen LogP contribution in [0, 0.1) is 0 Å². The Morgan fingerprint density at radius 2 is 1.53 bits per heavy atom. The number of pyridine rings is 2. The third-order valence-electron chi connectivity index (χ3n) is 6.00. The molecular weight excluding hydrogens is 520 g/mol. The Morgan fingerprint density at radius 1 is 0.921 bits per heavy atom. The van der Waals surface area contributed by atoms with E-state index in [0.29, 0.717) is 5.52 Å². The van der Waals surface area contributed by atoms with Crippen LogP contribution in [0.15, 0.2) is 40.2 Å². The number of amides is 2. The lowest BCUT2D eigenvalue weighted by Gasteiger charge is -2.14. The molecule has 0 unspecified atom stereocenters. The van der Waals surface area contributed by atoms with Crippen molar-refractivity contribution in [2.75, 3.05) is 20.2 Å². The predicted molar refractivity (Wildman–Crippen MR) is 140 cm³/mol. The Labute approximate surface area is 219 Å². The summed E-state index contributed by atoms with van der Waals surface area (Å²) >= 11 is 6.05. The van der Waals surface area contributed by atoms with Crippen molar-refractivity contribution in [2.24, 2.45) is 14.1 Å². The van der Waals surface area contributed by atoms with Crippen molar-refractivity contribution in [3.05, 3.63) is 67.2 Å². The summed E-state index contributed by atoms with van der Waals surface area (Å²) in [6.07, 6.45) is 2.63. The highest BCUT2D eigenvalue weighted by molar-refractivity contribution is 6.37. The maximum atomic E-state index is 12.9. The lowest BCUT2D eigenvalue weighted by atomic mass is 10.1. The summed E-state index contributed by atoms with van der Waals surface area (Å²) in [5, 5.41) is 34.6. The van der Waals surface area contributed by atoms with Crippen molar-refractivity contribution in [1.29, 1.82) is 0 Å². The van der Waals surface area contributed by atoms with Crippen LogP contribution in [-0.4, -0.2) is 56.5 Å². The van der Waals surface area contributed by atoms with E-state index in [2.05, 4.69) is 10.6 Å². The topological polar surface area (TPSA) is 172 Å². The van der Waals surface area contributed by atoms with Crippen molar-refractivity contribution in [1.82, 2.24) is 19.8 Å². The molecule has 5 N–H and O–H groups in total. The SMILES string of the molecule is CNC(=O)c1cn(C)c2cc(O)c(OCCNC(=O)c3cn(C)c4cc(O)c(O)c(Cl)c4c3=O)cc2c1=O. The van der Waals surface area contributed by atoms with Gasteiger partial charge in [-0.3, -0.25) is 19.2 Å². The second-order valence-corrected chi connectivity index (χ2v) is 8.82. The lowest BCUT2D eigenvalue weighted by Crippen LogP contribution is -2.32. The molecule has 0 spiro atoms. The summed E-state index contributed by atoms with van der Waals surface area (Å²) in [5.41, 5.74) is -1.02. The summed E-state index contributed by atoms with van der Waals surface area (Å²) in [6.45, 7) is -0.216. The molecule has 4 aromatic rings. The van der Waals surface area contributed by atoms with Gasteiger partial charge in [0.1, 0.15) is 17.7 Å². The number of aromatic nitrogens is 2. The minimum Gasteiger partial charge on any atom is -0.504 e. The number of fused-ring (bicyclic) bond motifs is 2. The van der Waals surface area contributed by atoms with Gasteiger partial charge in [-0.05, 0) is 6.07 Å². The van der Waals surface area contributed by atoms with Crippen LogP contribution < -0.4 is 26.2 Å². The first-order chi connectivity index (χ1) is 18.0. The molecule has 2 aromatic carbocycles. The average molecular weight is 543 g/mol. The molecule has 0 aliphatic rings. The smallest absolute Gasteiger partial charge is 0.256 e. The van der Waals surface area contributed by atoms with Crippen LogP contribution in [0.25, 0.3) is 21.8 Å². The quantitative estimate of drug-likeness (QED) is 0.179. The molecule has 2 aromatic heterocycles. The molecule has 0 aliphatic carbocycles. The fraction of sp³-hybridized carbons (Fsp3) is 0.200. The van der Waals surface area contributed by atoms with Gasteiger partial charge in [-0.2, -0.15) is 0 Å². The van der Waals surface area contributed by atoms with E-state index in [1.807, 2.05) is 0 Å². The van der Waals surface area contributed by atoms with Gasteiger partial charge in [0, 0.05) is 45.7 Å². The Balaban J connectivity index is 1.54. The van der Waals surface area contributed by atoms with Gasteiger partial charge in [0.05, 0.1) is 33.4 Å². The summed E-state index contributed by atoms with van der Waals surface area (Å²) in [6, 6.07) is 3.80. The van der Waals surface area contributed by atoms with Crippen molar-refractivity contribution in [3.8, 4) is 23.0 Å². The van der Waals surface area contributed by atoms with Crippen molar-refractivity contribution in [3.63, 3.8) is 0 Å². The molecule has 0 radical (unpaired) electrons. The van der Waals surface area contributed by atoms with Crippen LogP contribution in [0.5, 0.6) is 23.0 Å². The average Bonchev–Trinajstić information content (AvgIpc) is 2.88. The van der Waals surface area contributed by atoms with E-state index in [4.69, 9.17) is 16.3 Å². The van der Waals surface area contributed by atoms with Gasteiger partial charge >= 0.3 is 0 Å². The van der Waals surface area contributed by atoms with Crippen LogP contribution in [0.1, 0.15) is 20.7 Å². The number of benzene rings is 2. The molecule has 2 amide bonds. The lowest BCUT2D eigenvalue weighted by molar-refractivity contribution is 0.0942. The van der Waals surface area contributed by atoms with Crippen molar-refractivity contribution >= 4 is 45.2 Å². The molecule has 0 saturated carbocycles. The number of rotatable bonds is 6. The molecule has 0 atom stereocenters. The van der Waals surface area contributed by atoms with Crippen molar-refractivity contribution < 1.29 is 29.6 Å². The van der Waals surface area contributed by atoms with Crippen LogP contribution in [-0.2, 0) is 14.1 Å². The Bertz CT molecular complexity index is 1760. The number of nitrogens with one attached hydrogen (secondary N) is 2. The number of ether oxygens (including phenoxy) is 1. The summed E-state index contributed by atoms with van der Waals surface area (Å²) < 4.78 is 8.49. The largest absolute Gasteiger partial charge is 0.504 e. The number of halogens is 1. The second kappa shape index (κ2) is 9.98. The molecule has 13 heteroatoms. The number of nitrogens with zero attached hydrogens (tertiary/aromatic N) is 2. The molecular formula is C25H23ClN4O8. The molecule has 2 heterocycles. The third-order valence-corrected chi connectivity index (χ3v) is 6.37. The molecule has 0 fully saturated rings.